The fourth-order valence-corrected chi connectivity index (χ4v) is 7.43. The van der Waals surface area contributed by atoms with Gasteiger partial charge >= 0.3 is 206 Å². The molecule has 0 heterocycles. The van der Waals surface area contributed by atoms with Crippen LogP contribution in [0.1, 0.15) is 103 Å². The van der Waals surface area contributed by atoms with Gasteiger partial charge in [0.1, 0.15) is 0 Å². The van der Waals surface area contributed by atoms with Gasteiger partial charge in [-0.1, -0.05) is 0 Å². The Morgan fingerprint density at radius 1 is 0.719 bits per heavy atom. The molecule has 0 aromatic heterocycles. The van der Waals surface area contributed by atoms with Crippen LogP contribution in [0.15, 0.2) is 29.2 Å². The summed E-state index contributed by atoms with van der Waals surface area (Å²) in [6.45, 7) is 17.4. The van der Waals surface area contributed by atoms with E-state index in [-0.39, 0.29) is 24.7 Å². The molecule has 0 aliphatic rings. The van der Waals surface area contributed by atoms with Crippen LogP contribution in [0.3, 0.4) is 0 Å². The number of aromatic hydroxyl groups is 2. The van der Waals surface area contributed by atoms with Gasteiger partial charge in [-0.15, -0.1) is 0 Å². The third kappa shape index (κ3) is 7.20. The van der Waals surface area contributed by atoms with Crippen LogP contribution < -0.4 is 4.46 Å². The van der Waals surface area contributed by atoms with Crippen molar-refractivity contribution < 1.29 is 10.2 Å². The molecule has 0 aliphatic heterocycles. The van der Waals surface area contributed by atoms with Crippen LogP contribution in [0.25, 0.3) is 0 Å². The van der Waals surface area contributed by atoms with E-state index in [0.29, 0.717) is 11.5 Å². The second kappa shape index (κ2) is 11.4. The van der Waals surface area contributed by atoms with Crippen molar-refractivity contribution in [2.75, 3.05) is 0 Å². The summed E-state index contributed by atoms with van der Waals surface area (Å²) in [5, 5.41) is 21.8. The standard InChI is InChI=1S/C28H42O2SSe/c1-9-11-13-19-15-22(16-20(25(19)29)14-12-10-2)32-31-21-17-23(27(3,4)5)26(30)24(18-21)28(6,7)8/h15-18,29-30H,9-14H2,1-8H3. The minimum absolute atomic E-state index is 0.118. The molecule has 0 unspecified atom stereocenters. The molecule has 0 fully saturated rings. The summed E-state index contributed by atoms with van der Waals surface area (Å²) in [4.78, 5) is 1.22. The van der Waals surface area contributed by atoms with Gasteiger partial charge in [0.2, 0.25) is 0 Å². The Bertz CT molecular complexity index is 843. The number of rotatable bonds is 9. The fraction of sp³-hybridized carbons (Fsp3) is 0.571. The zero-order valence-corrected chi connectivity index (χ0v) is 23.8. The number of hydrogen-bond acceptors (Lipinski definition) is 3. The molecule has 2 rings (SSSR count). The van der Waals surface area contributed by atoms with Gasteiger partial charge in [-0.05, 0) is 0 Å². The Labute approximate surface area is 205 Å². The number of aryl methyl sites for hydroxylation is 2. The molecule has 2 N–H and O–H groups in total. The molecule has 0 radical (unpaired) electrons. The normalized spacial score (nSPS) is 12.4. The van der Waals surface area contributed by atoms with Crippen LogP contribution >= 0.6 is 10.2 Å². The molecular formula is C28H42O2SSe. The topological polar surface area (TPSA) is 40.5 Å². The Balaban J connectivity index is 2.40. The number of unbranched alkanes of at least 4 members (excludes halogenated alkanes) is 2. The third-order valence-corrected chi connectivity index (χ3v) is 9.92. The van der Waals surface area contributed by atoms with Crippen LogP contribution in [-0.4, -0.2) is 24.0 Å². The first-order valence-corrected chi connectivity index (χ1v) is 15.6. The molecule has 0 saturated carbocycles. The van der Waals surface area contributed by atoms with E-state index < -0.39 is 0 Å². The van der Waals surface area contributed by atoms with Crippen LogP contribution in [0, 0.1) is 0 Å². The molecular weight excluding hydrogens is 479 g/mol. The van der Waals surface area contributed by atoms with Crippen LogP contribution in [-0.2, 0) is 23.7 Å². The van der Waals surface area contributed by atoms with Crippen molar-refractivity contribution in [1.29, 1.82) is 0 Å². The van der Waals surface area contributed by atoms with Gasteiger partial charge < -0.3 is 0 Å². The summed E-state index contributed by atoms with van der Waals surface area (Å²) < 4.78 is 1.33. The van der Waals surface area contributed by atoms with Crippen molar-refractivity contribution in [2.24, 2.45) is 0 Å². The molecule has 0 bridgehead atoms. The van der Waals surface area contributed by atoms with Crippen LogP contribution in [0.4, 0.5) is 0 Å². The molecule has 4 heteroatoms. The van der Waals surface area contributed by atoms with Crippen LogP contribution in [0.2, 0.25) is 0 Å². The van der Waals surface area contributed by atoms with E-state index in [1.165, 1.54) is 9.36 Å². The second-order valence-corrected chi connectivity index (χ2v) is 14.7. The predicted octanol–water partition coefficient (Wildman–Crippen LogP) is 7.41. The summed E-state index contributed by atoms with van der Waals surface area (Å²) in [6.07, 6.45) is 6.35. The molecule has 0 atom stereocenters. The number of phenolic OH excluding ortho intramolecular Hbond substituents is 2. The maximum atomic E-state index is 11.0. The molecule has 0 aliphatic carbocycles. The number of hydrogen-bond donors (Lipinski definition) is 2. The van der Waals surface area contributed by atoms with Gasteiger partial charge in [0.15, 0.2) is 0 Å². The van der Waals surface area contributed by atoms with Gasteiger partial charge in [-0.3, -0.25) is 0 Å². The Morgan fingerprint density at radius 2 is 1.16 bits per heavy atom. The van der Waals surface area contributed by atoms with Gasteiger partial charge in [0.25, 0.3) is 0 Å². The van der Waals surface area contributed by atoms with E-state index >= 15 is 0 Å². The van der Waals surface area contributed by atoms with E-state index in [4.69, 9.17) is 0 Å². The summed E-state index contributed by atoms with van der Waals surface area (Å²) in [7, 11) is 1.88. The molecule has 32 heavy (non-hydrogen) atoms. The van der Waals surface area contributed by atoms with E-state index in [9.17, 15) is 10.2 Å². The zero-order chi connectivity index (χ0) is 24.1. The Hall–Kier alpha value is -1.09. The van der Waals surface area contributed by atoms with E-state index in [1.807, 2.05) is 10.2 Å². The maximum absolute atomic E-state index is 11.0. The zero-order valence-electron chi connectivity index (χ0n) is 21.3. The van der Waals surface area contributed by atoms with Crippen molar-refractivity contribution in [3.05, 3.63) is 46.5 Å². The first-order chi connectivity index (χ1) is 14.9. The average Bonchev–Trinajstić information content (AvgIpc) is 2.70. The van der Waals surface area contributed by atoms with Gasteiger partial charge in [-0.2, -0.15) is 0 Å². The predicted molar refractivity (Wildman–Crippen MR) is 142 cm³/mol. The van der Waals surface area contributed by atoms with Gasteiger partial charge in [-0.25, -0.2) is 0 Å². The molecule has 0 amide bonds. The minimum atomic E-state index is -0.118. The van der Waals surface area contributed by atoms with E-state index in [2.05, 4.69) is 79.7 Å². The Morgan fingerprint density at radius 3 is 1.53 bits per heavy atom. The summed E-state index contributed by atoms with van der Waals surface area (Å²) in [5.74, 6) is 0.960. The monoisotopic (exact) mass is 522 g/mol. The van der Waals surface area contributed by atoms with Crippen molar-refractivity contribution in [3.8, 4) is 11.5 Å². The quantitative estimate of drug-likeness (QED) is 0.338. The van der Waals surface area contributed by atoms with Gasteiger partial charge in [0.05, 0.1) is 0 Å². The van der Waals surface area contributed by atoms with Crippen molar-refractivity contribution in [1.82, 2.24) is 0 Å². The van der Waals surface area contributed by atoms with Crippen molar-refractivity contribution >= 4 is 28.5 Å². The molecule has 178 valence electrons. The van der Waals surface area contributed by atoms with Crippen molar-refractivity contribution in [2.45, 2.75) is 110 Å². The summed E-state index contributed by atoms with van der Waals surface area (Å²) in [6, 6.07) is 8.80. The average molecular weight is 522 g/mol. The molecule has 0 saturated heterocycles. The second-order valence-electron chi connectivity index (χ2n) is 10.8. The van der Waals surface area contributed by atoms with E-state index in [1.54, 1.807) is 0 Å². The molecule has 0 spiro atoms. The first-order valence-electron chi connectivity index (χ1n) is 12.0. The number of benzene rings is 2. The van der Waals surface area contributed by atoms with Crippen LogP contribution in [0.5, 0.6) is 11.5 Å². The Kier molecular flexibility index (Phi) is 9.64. The van der Waals surface area contributed by atoms with Gasteiger partial charge in [0, 0.05) is 0 Å². The third-order valence-electron chi connectivity index (χ3n) is 5.77. The summed E-state index contributed by atoms with van der Waals surface area (Å²) >= 11 is 0.191. The first kappa shape index (κ1) is 27.2. The van der Waals surface area contributed by atoms with Crippen molar-refractivity contribution in [3.63, 3.8) is 0 Å². The molecule has 2 aromatic carbocycles. The number of phenols is 2. The molecule has 2 nitrogen and oxygen atoms in total. The molecule has 2 aromatic rings. The summed E-state index contributed by atoms with van der Waals surface area (Å²) in [5.41, 5.74) is 4.01. The van der Waals surface area contributed by atoms with E-state index in [0.717, 1.165) is 60.8 Å². The SMILES string of the molecule is CCCCc1cc([Se]Sc2cc(C(C)(C)C)c(O)c(C(C)(C)C)c2)cc(CCCC)c1O. The fourth-order valence-electron chi connectivity index (χ4n) is 3.79.